The molecule has 2 aliphatic rings. The van der Waals surface area contributed by atoms with Crippen LogP contribution in [0.3, 0.4) is 0 Å². The zero-order valence-electron chi connectivity index (χ0n) is 10.2. The van der Waals surface area contributed by atoms with E-state index in [4.69, 9.17) is 0 Å². The first-order chi connectivity index (χ1) is 9.50. The Morgan fingerprint density at radius 1 is 1.15 bits per heavy atom. The molecule has 0 radical (unpaired) electrons. The van der Waals surface area contributed by atoms with Crippen LogP contribution in [0.4, 0.5) is 0 Å². The second kappa shape index (κ2) is 4.52. The van der Waals surface area contributed by atoms with E-state index in [0.717, 1.165) is 4.90 Å². The van der Waals surface area contributed by atoms with E-state index < -0.39 is 23.8 Å². The summed E-state index contributed by atoms with van der Waals surface area (Å²) in [6.45, 7) is 0. The minimum absolute atomic E-state index is 0.116. The minimum Gasteiger partial charge on any atom is -0.295 e. The van der Waals surface area contributed by atoms with Crippen molar-refractivity contribution in [2.45, 2.75) is 18.9 Å². The van der Waals surface area contributed by atoms with E-state index in [1.165, 1.54) is 0 Å². The molecule has 0 saturated carbocycles. The van der Waals surface area contributed by atoms with E-state index in [9.17, 15) is 19.2 Å². The predicted molar refractivity (Wildman–Crippen MR) is 70.8 cm³/mol. The number of nitrogens with zero attached hydrogens (tertiary/aromatic N) is 1. The number of piperidine rings is 1. The number of nitrogens with one attached hydrogen (secondary N) is 1. The Morgan fingerprint density at radius 2 is 1.90 bits per heavy atom. The van der Waals surface area contributed by atoms with Crippen molar-refractivity contribution in [3.05, 3.63) is 33.8 Å². The number of hydrogen-bond donors (Lipinski definition) is 1. The number of rotatable bonds is 1. The fraction of sp³-hybridized carbons (Fsp3) is 0.231. The Labute approximate surface area is 122 Å². The highest BCUT2D eigenvalue weighted by molar-refractivity contribution is 9.10. The summed E-state index contributed by atoms with van der Waals surface area (Å²) in [5, 5.41) is 2.15. The molecule has 4 amide bonds. The zero-order chi connectivity index (χ0) is 14.4. The van der Waals surface area contributed by atoms with Crippen molar-refractivity contribution in [2.24, 2.45) is 0 Å². The molecular formula is C13H9BrN2O4. The van der Waals surface area contributed by atoms with Gasteiger partial charge >= 0.3 is 0 Å². The maximum atomic E-state index is 12.4. The first-order valence-corrected chi connectivity index (χ1v) is 6.80. The van der Waals surface area contributed by atoms with Gasteiger partial charge in [-0.25, -0.2) is 0 Å². The molecule has 2 heterocycles. The van der Waals surface area contributed by atoms with Crippen LogP contribution in [0, 0.1) is 0 Å². The van der Waals surface area contributed by atoms with Gasteiger partial charge in [-0.1, -0.05) is 6.07 Å². The third-order valence-corrected chi connectivity index (χ3v) is 4.08. The van der Waals surface area contributed by atoms with E-state index >= 15 is 0 Å². The van der Waals surface area contributed by atoms with Crippen LogP contribution < -0.4 is 5.32 Å². The molecule has 0 aliphatic carbocycles. The first-order valence-electron chi connectivity index (χ1n) is 6.01. The van der Waals surface area contributed by atoms with Crippen molar-refractivity contribution in [1.29, 1.82) is 0 Å². The lowest BCUT2D eigenvalue weighted by atomic mass is 10.0. The number of fused-ring (bicyclic) bond motifs is 1. The number of hydrogen-bond acceptors (Lipinski definition) is 4. The van der Waals surface area contributed by atoms with Gasteiger partial charge in [-0.2, -0.15) is 0 Å². The largest absolute Gasteiger partial charge is 0.295 e. The molecule has 6 nitrogen and oxygen atoms in total. The molecule has 1 N–H and O–H groups in total. The molecule has 7 heteroatoms. The lowest BCUT2D eigenvalue weighted by molar-refractivity contribution is -0.136. The maximum Gasteiger partial charge on any atom is 0.263 e. The Kier molecular flexibility index (Phi) is 2.93. The molecule has 0 aromatic heterocycles. The van der Waals surface area contributed by atoms with Crippen LogP contribution in [-0.2, 0) is 9.59 Å². The monoisotopic (exact) mass is 336 g/mol. The molecule has 2 aliphatic heterocycles. The van der Waals surface area contributed by atoms with Crippen LogP contribution in [0.25, 0.3) is 0 Å². The fourth-order valence-corrected chi connectivity index (χ4v) is 3.01. The lowest BCUT2D eigenvalue weighted by Gasteiger charge is -2.27. The van der Waals surface area contributed by atoms with E-state index in [2.05, 4.69) is 21.2 Å². The van der Waals surface area contributed by atoms with Crippen molar-refractivity contribution >= 4 is 39.6 Å². The molecule has 102 valence electrons. The standard InChI is InChI=1S/C13H9BrN2O4/c14-7-3-1-2-6-10(7)13(20)16(12(6)19)8-4-5-9(17)15-11(8)18/h1-3,8H,4-5H2,(H,15,17,18)/t8-/m1/s1. The maximum absolute atomic E-state index is 12.4. The molecule has 1 fully saturated rings. The zero-order valence-corrected chi connectivity index (χ0v) is 11.8. The molecular weight excluding hydrogens is 328 g/mol. The predicted octanol–water partition coefficient (Wildman–Crippen LogP) is 0.850. The van der Waals surface area contributed by atoms with Crippen LogP contribution in [0.1, 0.15) is 33.6 Å². The van der Waals surface area contributed by atoms with Gasteiger partial charge in [0.1, 0.15) is 6.04 Å². The van der Waals surface area contributed by atoms with Gasteiger partial charge in [0.2, 0.25) is 11.8 Å². The Hall–Kier alpha value is -2.02. The third-order valence-electron chi connectivity index (χ3n) is 3.42. The number of carbonyl (C=O) groups is 4. The third kappa shape index (κ3) is 1.77. The summed E-state index contributed by atoms with van der Waals surface area (Å²) in [6.07, 6.45) is 0.277. The molecule has 3 rings (SSSR count). The van der Waals surface area contributed by atoms with Gasteiger partial charge in [-0.05, 0) is 34.5 Å². The molecule has 0 unspecified atom stereocenters. The first kappa shape index (κ1) is 13.0. The van der Waals surface area contributed by atoms with Crippen molar-refractivity contribution in [2.75, 3.05) is 0 Å². The van der Waals surface area contributed by atoms with Crippen LogP contribution in [0.15, 0.2) is 22.7 Å². The highest BCUT2D eigenvalue weighted by Gasteiger charge is 2.45. The SMILES string of the molecule is O=C1CC[C@@H](N2C(=O)c3cccc(Br)c3C2=O)C(=O)N1. The van der Waals surface area contributed by atoms with Crippen molar-refractivity contribution in [3.8, 4) is 0 Å². The Balaban J connectivity index is 2.00. The summed E-state index contributed by atoms with van der Waals surface area (Å²) >= 11 is 3.24. The minimum atomic E-state index is -0.924. The topological polar surface area (TPSA) is 83.6 Å². The highest BCUT2D eigenvalue weighted by atomic mass is 79.9. The van der Waals surface area contributed by atoms with E-state index in [1.54, 1.807) is 18.2 Å². The lowest BCUT2D eigenvalue weighted by Crippen LogP contribution is -2.54. The number of carbonyl (C=O) groups excluding carboxylic acids is 4. The Morgan fingerprint density at radius 3 is 2.55 bits per heavy atom. The van der Waals surface area contributed by atoms with Crippen LogP contribution >= 0.6 is 15.9 Å². The Bertz CT molecular complexity index is 670. The second-order valence-corrected chi connectivity index (χ2v) is 5.46. The number of benzene rings is 1. The van der Waals surface area contributed by atoms with Crippen molar-refractivity contribution in [1.82, 2.24) is 10.2 Å². The van der Waals surface area contributed by atoms with Gasteiger partial charge in [0.25, 0.3) is 11.8 Å². The molecule has 0 bridgehead atoms. The van der Waals surface area contributed by atoms with Crippen LogP contribution in [0.5, 0.6) is 0 Å². The quantitative estimate of drug-likeness (QED) is 0.770. The summed E-state index contributed by atoms with van der Waals surface area (Å²) < 4.78 is 0.517. The van der Waals surface area contributed by atoms with E-state index in [1.807, 2.05) is 0 Å². The second-order valence-electron chi connectivity index (χ2n) is 4.61. The van der Waals surface area contributed by atoms with Crippen LogP contribution in [-0.4, -0.2) is 34.6 Å². The van der Waals surface area contributed by atoms with E-state index in [-0.39, 0.29) is 29.9 Å². The van der Waals surface area contributed by atoms with Gasteiger partial charge < -0.3 is 0 Å². The summed E-state index contributed by atoms with van der Waals surface area (Å²) in [4.78, 5) is 48.6. The van der Waals surface area contributed by atoms with Gasteiger partial charge in [-0.15, -0.1) is 0 Å². The van der Waals surface area contributed by atoms with Crippen molar-refractivity contribution in [3.63, 3.8) is 0 Å². The average Bonchev–Trinajstić information content (AvgIpc) is 2.64. The van der Waals surface area contributed by atoms with Gasteiger partial charge in [0.05, 0.1) is 11.1 Å². The summed E-state index contributed by atoms with van der Waals surface area (Å²) in [5.41, 5.74) is 0.538. The number of amides is 4. The van der Waals surface area contributed by atoms with Crippen molar-refractivity contribution < 1.29 is 19.2 Å². The van der Waals surface area contributed by atoms with Gasteiger partial charge in [0, 0.05) is 10.9 Å². The average molecular weight is 337 g/mol. The summed E-state index contributed by atoms with van der Waals surface area (Å²) in [5.74, 6) is -2.00. The molecule has 0 spiro atoms. The molecule has 1 aromatic carbocycles. The fourth-order valence-electron chi connectivity index (χ4n) is 2.47. The summed E-state index contributed by atoms with van der Waals surface area (Å²) in [6, 6.07) is 3.94. The van der Waals surface area contributed by atoms with Crippen LogP contribution in [0.2, 0.25) is 0 Å². The summed E-state index contributed by atoms with van der Waals surface area (Å²) in [7, 11) is 0. The highest BCUT2D eigenvalue weighted by Crippen LogP contribution is 2.32. The molecule has 1 atom stereocenters. The van der Waals surface area contributed by atoms with Gasteiger partial charge in [-0.3, -0.25) is 29.4 Å². The smallest absolute Gasteiger partial charge is 0.263 e. The number of halogens is 1. The number of imide groups is 2. The van der Waals surface area contributed by atoms with E-state index in [0.29, 0.717) is 4.47 Å². The molecule has 1 aromatic rings. The normalized spacial score (nSPS) is 22.1. The molecule has 1 saturated heterocycles. The molecule has 20 heavy (non-hydrogen) atoms. The van der Waals surface area contributed by atoms with Gasteiger partial charge in [0.15, 0.2) is 0 Å².